The largest absolute Gasteiger partial charge is 0.394 e. The molecule has 0 bridgehead atoms. The van der Waals surface area contributed by atoms with Crippen molar-refractivity contribution >= 4 is 99.7 Å². The van der Waals surface area contributed by atoms with Crippen molar-refractivity contribution in [1.29, 1.82) is 0 Å². The average molecular weight is 1010 g/mol. The molecule has 2 aromatic carbocycles. The van der Waals surface area contributed by atoms with E-state index in [1.807, 2.05) is 0 Å². The maximum absolute atomic E-state index is 12.6. The van der Waals surface area contributed by atoms with Gasteiger partial charge in [0.25, 0.3) is 40.5 Å². The van der Waals surface area contributed by atoms with E-state index in [-0.39, 0.29) is 124 Å². The molecule has 4 rings (SSSR count). The van der Waals surface area contributed by atoms with Crippen LogP contribution in [0.5, 0.6) is 0 Å². The van der Waals surface area contributed by atoms with Crippen LogP contribution in [-0.4, -0.2) is 183 Å². The highest BCUT2D eigenvalue weighted by Crippen LogP contribution is 2.28. The van der Waals surface area contributed by atoms with Gasteiger partial charge in [0, 0.05) is 51.6 Å². The van der Waals surface area contributed by atoms with Gasteiger partial charge in [-0.1, -0.05) is 24.3 Å². The van der Waals surface area contributed by atoms with Crippen molar-refractivity contribution in [1.82, 2.24) is 29.9 Å². The maximum Gasteiger partial charge on any atom is 0.295 e. The van der Waals surface area contributed by atoms with Crippen LogP contribution >= 0.6 is 0 Å². The molecule has 0 saturated heterocycles. The highest BCUT2D eigenvalue weighted by molar-refractivity contribution is 7.86. The van der Waals surface area contributed by atoms with Crippen molar-refractivity contribution in [2.45, 2.75) is 9.79 Å². The smallest absolute Gasteiger partial charge is 0.295 e. The number of ether oxygens (including phenoxy) is 2. The van der Waals surface area contributed by atoms with E-state index >= 15 is 0 Å². The van der Waals surface area contributed by atoms with Crippen LogP contribution in [0.2, 0.25) is 0 Å². The first-order valence-electron chi connectivity index (χ1n) is 19.1. The predicted octanol–water partition coefficient (Wildman–Crippen LogP) is -0.303. The van der Waals surface area contributed by atoms with Gasteiger partial charge in [0.1, 0.15) is 9.79 Å². The molecule has 0 atom stereocenters. The van der Waals surface area contributed by atoms with Gasteiger partial charge < -0.3 is 50.8 Å². The van der Waals surface area contributed by atoms with Gasteiger partial charge in [-0.3, -0.25) is 18.2 Å². The van der Waals surface area contributed by atoms with E-state index in [1.165, 1.54) is 48.2 Å². The van der Waals surface area contributed by atoms with Crippen molar-refractivity contribution in [2.75, 3.05) is 122 Å². The van der Waals surface area contributed by atoms with Crippen LogP contribution in [-0.2, 0) is 49.9 Å². The second kappa shape index (κ2) is 23.8. The summed E-state index contributed by atoms with van der Waals surface area (Å²) >= 11 is 0. The third kappa shape index (κ3) is 18.0. The Morgan fingerprint density at radius 1 is 0.545 bits per heavy atom. The molecule has 0 radical (unpaired) electrons. The zero-order valence-corrected chi connectivity index (χ0v) is 38.3. The summed E-state index contributed by atoms with van der Waals surface area (Å²) in [5.74, 6) is -1.88. The van der Waals surface area contributed by atoms with Crippen LogP contribution in [0.3, 0.4) is 0 Å². The Hall–Kier alpha value is -5.52. The van der Waals surface area contributed by atoms with E-state index in [0.29, 0.717) is 0 Å². The minimum Gasteiger partial charge on any atom is -0.394 e. The van der Waals surface area contributed by atoms with Crippen LogP contribution in [0, 0.1) is 0 Å². The fraction of sp³-hybridized carbons (Fsp3) is 0.412. The third-order valence-electron chi connectivity index (χ3n) is 8.37. The number of anilines is 8. The van der Waals surface area contributed by atoms with Crippen LogP contribution in [0.25, 0.3) is 12.2 Å². The van der Waals surface area contributed by atoms with Crippen molar-refractivity contribution in [3.8, 4) is 0 Å². The zero-order chi connectivity index (χ0) is 48.7. The summed E-state index contributed by atoms with van der Waals surface area (Å²) in [4.78, 5) is 26.7. The van der Waals surface area contributed by atoms with E-state index in [1.54, 1.807) is 0 Å². The lowest BCUT2D eigenvalue weighted by atomic mass is 10.1. The lowest BCUT2D eigenvalue weighted by molar-refractivity contribution is 0.0991. The van der Waals surface area contributed by atoms with Crippen molar-refractivity contribution in [3.05, 3.63) is 47.5 Å². The molecule has 28 nitrogen and oxygen atoms in total. The van der Waals surface area contributed by atoms with Crippen LogP contribution < -0.4 is 31.1 Å². The first kappa shape index (κ1) is 53.1. The summed E-state index contributed by atoms with van der Waals surface area (Å²) in [7, 11) is -15.8. The molecule has 0 fully saturated rings. The molecule has 364 valence electrons. The van der Waals surface area contributed by atoms with Crippen molar-refractivity contribution in [3.63, 3.8) is 0 Å². The standard InChI is InChI=1S/C34H48N12O16S4/c1-45(11-19-63(49,50)51)33-41-29(35-9-15-61-17-13-47)39-31(43-33)37-25-7-5-23(27(21-25)65(55,56)57)3-4-24-6-8-26(22-28(24)66(58,59)60)38-32-40-30(36-10-16-62-18-14-48)42-34(44-32)46(2)12-20-64(52,53)54/h3-8,21-22,47-48H,9-20H2,1-2H3,(H,49,50,51)(H,52,53,54)(H,55,56,57)(H,58,59,60)(H2,35,37,39,41,43)(H2,36,38,40,42,44)/b4-3+. The van der Waals surface area contributed by atoms with E-state index in [9.17, 15) is 51.9 Å². The topological polar surface area (TPSA) is 408 Å². The molecule has 10 N–H and O–H groups in total. The summed E-state index contributed by atoms with van der Waals surface area (Å²) < 4.78 is 145. The predicted molar refractivity (Wildman–Crippen MR) is 240 cm³/mol. The summed E-state index contributed by atoms with van der Waals surface area (Å²) in [6.07, 6.45) is 2.30. The number of hydrogen-bond acceptors (Lipinski definition) is 24. The summed E-state index contributed by atoms with van der Waals surface area (Å²) in [5.41, 5.74) is -0.252. The molecule has 32 heteroatoms. The lowest BCUT2D eigenvalue weighted by Gasteiger charge is -2.18. The number of benzene rings is 2. The Bertz CT molecular complexity index is 2580. The fourth-order valence-electron chi connectivity index (χ4n) is 5.23. The van der Waals surface area contributed by atoms with E-state index < -0.39 is 61.8 Å². The first-order valence-corrected chi connectivity index (χ1v) is 25.2. The van der Waals surface area contributed by atoms with Crippen LogP contribution in [0.4, 0.5) is 47.1 Å². The lowest BCUT2D eigenvalue weighted by Crippen LogP contribution is -2.27. The number of aromatic nitrogens is 6. The third-order valence-corrected chi connectivity index (χ3v) is 11.6. The highest BCUT2D eigenvalue weighted by Gasteiger charge is 2.20. The van der Waals surface area contributed by atoms with Gasteiger partial charge in [-0.25, -0.2) is 0 Å². The molecule has 0 spiro atoms. The van der Waals surface area contributed by atoms with Gasteiger partial charge in [0.15, 0.2) is 0 Å². The minimum absolute atomic E-state index is 0.0169. The molecular weight excluding hydrogens is 961 g/mol. The van der Waals surface area contributed by atoms with Crippen molar-refractivity contribution in [2.24, 2.45) is 0 Å². The van der Waals surface area contributed by atoms with Gasteiger partial charge in [0.05, 0.1) is 51.1 Å². The van der Waals surface area contributed by atoms with Crippen LogP contribution in [0.15, 0.2) is 46.2 Å². The van der Waals surface area contributed by atoms with Gasteiger partial charge in [-0.2, -0.15) is 63.6 Å². The number of nitrogens with one attached hydrogen (secondary N) is 4. The summed E-state index contributed by atoms with van der Waals surface area (Å²) in [5, 5.41) is 29.2. The Labute approximate surface area is 379 Å². The van der Waals surface area contributed by atoms with Gasteiger partial charge >= 0.3 is 0 Å². The van der Waals surface area contributed by atoms with E-state index in [2.05, 4.69) is 51.2 Å². The molecule has 4 aromatic rings. The molecule has 0 unspecified atom stereocenters. The highest BCUT2D eigenvalue weighted by atomic mass is 32.2. The number of rotatable bonds is 28. The number of aliphatic hydroxyl groups is 2. The fourth-order valence-corrected chi connectivity index (χ4v) is 7.66. The monoisotopic (exact) mass is 1010 g/mol. The number of nitrogens with zero attached hydrogens (tertiary/aromatic N) is 8. The Morgan fingerprint density at radius 2 is 0.909 bits per heavy atom. The van der Waals surface area contributed by atoms with E-state index in [4.69, 9.17) is 19.7 Å². The van der Waals surface area contributed by atoms with Crippen molar-refractivity contribution < 1.29 is 71.6 Å². The molecule has 0 aliphatic rings. The quantitative estimate of drug-likeness (QED) is 0.0198. The second-order valence-corrected chi connectivity index (χ2v) is 19.5. The molecule has 2 aromatic heterocycles. The van der Waals surface area contributed by atoms with E-state index in [0.717, 1.165) is 24.3 Å². The summed E-state index contributed by atoms with van der Waals surface area (Å²) in [6, 6.07) is 7.25. The van der Waals surface area contributed by atoms with Gasteiger partial charge in [-0.15, -0.1) is 0 Å². The molecule has 0 aliphatic carbocycles. The molecular formula is C34H48N12O16S4. The molecule has 0 saturated carbocycles. The Kier molecular flexibility index (Phi) is 19.1. The van der Waals surface area contributed by atoms with Gasteiger partial charge in [0.2, 0.25) is 35.7 Å². The first-order chi connectivity index (χ1) is 30.9. The minimum atomic E-state index is -4.98. The SMILES string of the molecule is CN(CCS(=O)(=O)O)c1nc(NCCOCCO)nc(Nc2ccc(/C=C/c3ccc(Nc4nc(NCCOCCO)nc(N(C)CCS(=O)(=O)O)n4)cc3S(=O)(=O)O)c(S(=O)(=O)O)c2)n1. The molecule has 2 heterocycles. The normalized spacial score (nSPS) is 12.3. The van der Waals surface area contributed by atoms with Gasteiger partial charge in [-0.05, 0) is 35.4 Å². The maximum atomic E-state index is 12.6. The Morgan fingerprint density at radius 3 is 1.24 bits per heavy atom. The average Bonchev–Trinajstić information content (AvgIpc) is 3.23. The second-order valence-electron chi connectivity index (χ2n) is 13.5. The van der Waals surface area contributed by atoms with Crippen LogP contribution in [0.1, 0.15) is 11.1 Å². The molecule has 0 amide bonds. The summed E-state index contributed by atoms with van der Waals surface area (Å²) in [6.45, 7) is -0.143. The number of aliphatic hydroxyl groups excluding tert-OH is 2. The molecule has 0 aliphatic heterocycles. The zero-order valence-electron chi connectivity index (χ0n) is 35.1. The Balaban J connectivity index is 1.65. The molecule has 66 heavy (non-hydrogen) atoms. The number of hydrogen-bond donors (Lipinski definition) is 10.